The SMILES string of the molecule is CCCCCCC/C=C\CCCCCCCC(=O)OC(COC(=O)CCCCCCCC)COC(=O)CCCCCCCCC/C=C\CCCCCCCCC. The molecule has 6 heteroatoms. The zero-order valence-corrected chi connectivity index (χ0v) is 37.4. The van der Waals surface area contributed by atoms with Gasteiger partial charge in [0.1, 0.15) is 13.2 Å². The van der Waals surface area contributed by atoms with Crippen LogP contribution < -0.4 is 0 Å². The molecule has 0 aromatic carbocycles. The van der Waals surface area contributed by atoms with Crippen LogP contribution in [-0.2, 0) is 28.6 Å². The van der Waals surface area contributed by atoms with Crippen molar-refractivity contribution in [2.45, 2.75) is 264 Å². The second-order valence-electron chi connectivity index (χ2n) is 16.4. The van der Waals surface area contributed by atoms with Crippen LogP contribution >= 0.6 is 0 Å². The molecule has 0 saturated heterocycles. The Hall–Kier alpha value is -2.11. The summed E-state index contributed by atoms with van der Waals surface area (Å²) in [4.78, 5) is 37.6. The van der Waals surface area contributed by atoms with Crippen LogP contribution in [-0.4, -0.2) is 37.2 Å². The van der Waals surface area contributed by atoms with E-state index in [1.54, 1.807) is 0 Å². The van der Waals surface area contributed by atoms with E-state index in [0.29, 0.717) is 19.3 Å². The topological polar surface area (TPSA) is 78.9 Å². The van der Waals surface area contributed by atoms with Crippen LogP contribution in [0.4, 0.5) is 0 Å². The van der Waals surface area contributed by atoms with E-state index < -0.39 is 6.10 Å². The van der Waals surface area contributed by atoms with Crippen LogP contribution in [0.1, 0.15) is 258 Å². The molecule has 0 radical (unpaired) electrons. The Morgan fingerprint density at radius 2 is 0.589 bits per heavy atom. The molecule has 0 amide bonds. The molecule has 1 unspecified atom stereocenters. The molecule has 0 aromatic heterocycles. The van der Waals surface area contributed by atoms with Crippen molar-refractivity contribution in [1.29, 1.82) is 0 Å². The fourth-order valence-electron chi connectivity index (χ4n) is 6.96. The van der Waals surface area contributed by atoms with Gasteiger partial charge >= 0.3 is 17.9 Å². The van der Waals surface area contributed by atoms with Gasteiger partial charge in [-0.1, -0.05) is 193 Å². The quantitative estimate of drug-likeness (QED) is 0.0265. The van der Waals surface area contributed by atoms with Crippen molar-refractivity contribution in [1.82, 2.24) is 0 Å². The van der Waals surface area contributed by atoms with Crippen molar-refractivity contribution >= 4 is 17.9 Å². The highest BCUT2D eigenvalue weighted by atomic mass is 16.6. The molecule has 0 spiro atoms. The minimum absolute atomic E-state index is 0.0745. The van der Waals surface area contributed by atoms with E-state index in [2.05, 4.69) is 45.1 Å². The summed E-state index contributed by atoms with van der Waals surface area (Å²) in [6.45, 7) is 6.57. The zero-order valence-electron chi connectivity index (χ0n) is 37.4. The van der Waals surface area contributed by atoms with E-state index in [-0.39, 0.29) is 31.1 Å². The molecule has 56 heavy (non-hydrogen) atoms. The van der Waals surface area contributed by atoms with Gasteiger partial charge in [0, 0.05) is 19.3 Å². The molecule has 0 saturated carbocycles. The van der Waals surface area contributed by atoms with Gasteiger partial charge < -0.3 is 14.2 Å². The van der Waals surface area contributed by atoms with Gasteiger partial charge in [0.2, 0.25) is 0 Å². The lowest BCUT2D eigenvalue weighted by atomic mass is 10.1. The monoisotopic (exact) mass is 789 g/mol. The summed E-state index contributed by atoms with van der Waals surface area (Å²) in [6.07, 6.45) is 50.4. The summed E-state index contributed by atoms with van der Waals surface area (Å²) < 4.78 is 16.7. The van der Waals surface area contributed by atoms with Crippen LogP contribution in [0.5, 0.6) is 0 Å². The number of allylic oxidation sites excluding steroid dienone is 4. The van der Waals surface area contributed by atoms with Crippen LogP contribution in [0.25, 0.3) is 0 Å². The van der Waals surface area contributed by atoms with E-state index >= 15 is 0 Å². The smallest absolute Gasteiger partial charge is 0.306 e. The lowest BCUT2D eigenvalue weighted by molar-refractivity contribution is -0.167. The Morgan fingerprint density at radius 1 is 0.339 bits per heavy atom. The van der Waals surface area contributed by atoms with Gasteiger partial charge in [-0.2, -0.15) is 0 Å². The number of carbonyl (C=O) groups is 3. The van der Waals surface area contributed by atoms with Crippen molar-refractivity contribution in [3.05, 3.63) is 24.3 Å². The number of hydrogen-bond donors (Lipinski definition) is 0. The van der Waals surface area contributed by atoms with E-state index in [1.807, 2.05) is 0 Å². The Kier molecular flexibility index (Phi) is 43.9. The van der Waals surface area contributed by atoms with Crippen LogP contribution in [0.3, 0.4) is 0 Å². The van der Waals surface area contributed by atoms with Gasteiger partial charge in [-0.15, -0.1) is 0 Å². The number of esters is 3. The molecule has 1 atom stereocenters. The lowest BCUT2D eigenvalue weighted by Crippen LogP contribution is -2.30. The molecule has 0 aliphatic carbocycles. The highest BCUT2D eigenvalue weighted by Gasteiger charge is 2.19. The van der Waals surface area contributed by atoms with Crippen molar-refractivity contribution in [2.24, 2.45) is 0 Å². The molecule has 0 aromatic rings. The Labute approximate surface area is 347 Å². The fraction of sp³-hybridized carbons (Fsp3) is 0.860. The molecule has 0 aliphatic heterocycles. The normalized spacial score (nSPS) is 12.1. The largest absolute Gasteiger partial charge is 0.462 e. The Bertz CT molecular complexity index is 911. The average Bonchev–Trinajstić information content (AvgIpc) is 3.19. The molecule has 0 heterocycles. The first kappa shape index (κ1) is 53.9. The summed E-state index contributed by atoms with van der Waals surface area (Å²) in [5, 5.41) is 0. The Morgan fingerprint density at radius 3 is 0.893 bits per heavy atom. The Balaban J connectivity index is 4.22. The fourth-order valence-corrected chi connectivity index (χ4v) is 6.96. The average molecular weight is 789 g/mol. The molecule has 328 valence electrons. The first-order chi connectivity index (χ1) is 27.5. The van der Waals surface area contributed by atoms with Crippen LogP contribution in [0.15, 0.2) is 24.3 Å². The van der Waals surface area contributed by atoms with Gasteiger partial charge in [-0.25, -0.2) is 0 Å². The highest BCUT2D eigenvalue weighted by Crippen LogP contribution is 2.14. The second-order valence-corrected chi connectivity index (χ2v) is 16.4. The van der Waals surface area contributed by atoms with Crippen molar-refractivity contribution in [3.8, 4) is 0 Å². The minimum atomic E-state index is -0.770. The third-order valence-corrected chi connectivity index (χ3v) is 10.7. The molecule has 0 rings (SSSR count). The highest BCUT2D eigenvalue weighted by molar-refractivity contribution is 5.71. The molecular formula is C50H92O6. The first-order valence-corrected chi connectivity index (χ1v) is 24.3. The minimum Gasteiger partial charge on any atom is -0.462 e. The summed E-state index contributed by atoms with van der Waals surface area (Å²) in [6, 6.07) is 0. The van der Waals surface area contributed by atoms with Crippen LogP contribution in [0, 0.1) is 0 Å². The molecule has 6 nitrogen and oxygen atoms in total. The van der Waals surface area contributed by atoms with E-state index in [4.69, 9.17) is 14.2 Å². The third kappa shape index (κ3) is 43.0. The van der Waals surface area contributed by atoms with Gasteiger partial charge in [-0.3, -0.25) is 14.4 Å². The molecule has 0 bridgehead atoms. The van der Waals surface area contributed by atoms with Crippen molar-refractivity contribution < 1.29 is 28.6 Å². The van der Waals surface area contributed by atoms with Gasteiger partial charge in [0.25, 0.3) is 0 Å². The third-order valence-electron chi connectivity index (χ3n) is 10.7. The number of hydrogen-bond acceptors (Lipinski definition) is 6. The number of carbonyl (C=O) groups excluding carboxylic acids is 3. The van der Waals surface area contributed by atoms with Crippen LogP contribution in [0.2, 0.25) is 0 Å². The summed E-state index contributed by atoms with van der Waals surface area (Å²) in [5.41, 5.74) is 0. The maximum atomic E-state index is 12.7. The van der Waals surface area contributed by atoms with Gasteiger partial charge in [0.15, 0.2) is 6.10 Å². The van der Waals surface area contributed by atoms with E-state index in [9.17, 15) is 14.4 Å². The van der Waals surface area contributed by atoms with Gasteiger partial charge in [0.05, 0.1) is 0 Å². The van der Waals surface area contributed by atoms with E-state index in [1.165, 1.54) is 154 Å². The number of unbranched alkanes of at least 4 members (excludes halogenated alkanes) is 29. The molecule has 0 N–H and O–H groups in total. The number of rotatable bonds is 44. The molecule has 0 fully saturated rings. The predicted octanol–water partition coefficient (Wildman–Crippen LogP) is 15.6. The maximum absolute atomic E-state index is 12.7. The number of ether oxygens (including phenoxy) is 3. The van der Waals surface area contributed by atoms with Gasteiger partial charge in [-0.05, 0) is 70.6 Å². The second kappa shape index (κ2) is 45.6. The maximum Gasteiger partial charge on any atom is 0.306 e. The van der Waals surface area contributed by atoms with Crippen molar-refractivity contribution in [2.75, 3.05) is 13.2 Å². The first-order valence-electron chi connectivity index (χ1n) is 24.3. The van der Waals surface area contributed by atoms with Crippen molar-refractivity contribution in [3.63, 3.8) is 0 Å². The van der Waals surface area contributed by atoms with E-state index in [0.717, 1.165) is 64.2 Å². The summed E-state index contributed by atoms with van der Waals surface area (Å²) in [5.74, 6) is -0.890. The zero-order chi connectivity index (χ0) is 40.8. The standard InChI is InChI=1S/C50H92O6/c1-4-7-10-13-16-18-20-22-24-25-26-27-29-30-32-34-37-40-43-49(52)55-46-47(45-54-48(51)42-39-36-15-12-9-6-3)56-50(53)44-41-38-35-33-31-28-23-21-19-17-14-11-8-5-2/h21,23-25,47H,4-20,22,26-46H2,1-3H3/b23-21-,25-24-. The predicted molar refractivity (Wildman–Crippen MR) is 238 cm³/mol. The summed E-state index contributed by atoms with van der Waals surface area (Å²) in [7, 11) is 0. The lowest BCUT2D eigenvalue weighted by Gasteiger charge is -2.18. The molecule has 0 aliphatic rings. The summed E-state index contributed by atoms with van der Waals surface area (Å²) >= 11 is 0. The molecular weight excluding hydrogens is 697 g/mol.